The smallest absolute Gasteiger partial charge is 0.105 e. The van der Waals surface area contributed by atoms with Gasteiger partial charge in [-0.2, -0.15) is 0 Å². The summed E-state index contributed by atoms with van der Waals surface area (Å²) < 4.78 is 5.85. The Hall–Kier alpha value is -0.680. The largest absolute Gasteiger partial charge is 0.393 e. The van der Waals surface area contributed by atoms with Gasteiger partial charge < -0.3 is 20.1 Å². The number of fused-ring (bicyclic) bond motifs is 5. The number of aliphatic hydroxyl groups is 3. The lowest BCUT2D eigenvalue weighted by Gasteiger charge is -2.66. The molecule has 0 spiro atoms. The number of rotatable bonds is 5. The van der Waals surface area contributed by atoms with Crippen LogP contribution in [-0.2, 0) is 4.74 Å². The Morgan fingerprint density at radius 2 is 1.70 bits per heavy atom. The first-order valence-corrected chi connectivity index (χ1v) is 13.4. The van der Waals surface area contributed by atoms with E-state index in [-0.39, 0.29) is 11.8 Å². The average molecular weight is 461 g/mol. The third-order valence-electron chi connectivity index (χ3n) is 11.1. The summed E-state index contributed by atoms with van der Waals surface area (Å²) in [5, 5.41) is 34.7. The molecule has 0 bridgehead atoms. The lowest BCUT2D eigenvalue weighted by atomic mass is 9.43. The Morgan fingerprint density at radius 3 is 2.33 bits per heavy atom. The molecule has 4 heteroatoms. The van der Waals surface area contributed by atoms with Crippen LogP contribution in [0.5, 0.6) is 0 Å². The molecule has 0 aromatic rings. The van der Waals surface area contributed by atoms with Gasteiger partial charge in [0.1, 0.15) is 11.7 Å². The molecule has 0 radical (unpaired) electrons. The molecule has 0 unspecified atom stereocenters. The zero-order chi connectivity index (χ0) is 24.4. The van der Waals surface area contributed by atoms with Crippen LogP contribution in [0.3, 0.4) is 0 Å². The molecule has 188 valence electrons. The lowest BCUT2D eigenvalue weighted by molar-refractivity contribution is -0.262. The van der Waals surface area contributed by atoms with Crippen LogP contribution in [0.25, 0.3) is 0 Å². The molecule has 4 nitrogen and oxygen atoms in total. The second-order valence-corrected chi connectivity index (χ2v) is 12.9. The summed E-state index contributed by atoms with van der Waals surface area (Å²) in [5.41, 5.74) is -1.77. The van der Waals surface area contributed by atoms with Gasteiger partial charge in [-0.15, -0.1) is 0 Å². The van der Waals surface area contributed by atoms with Crippen LogP contribution < -0.4 is 0 Å². The summed E-state index contributed by atoms with van der Waals surface area (Å²) in [5.74, 6) is 2.64. The predicted octanol–water partition coefficient (Wildman–Crippen LogP) is 5.27. The van der Waals surface area contributed by atoms with Crippen molar-refractivity contribution in [3.8, 4) is 0 Å². The molecule has 0 saturated heterocycles. The minimum atomic E-state index is -1.26. The normalized spacial score (nSPS) is 49.4. The van der Waals surface area contributed by atoms with Gasteiger partial charge in [0.15, 0.2) is 0 Å². The molecule has 4 rings (SSSR count). The Kier molecular flexibility index (Phi) is 6.52. The van der Waals surface area contributed by atoms with Gasteiger partial charge in [-0.3, -0.25) is 0 Å². The van der Waals surface area contributed by atoms with Crippen LogP contribution in [-0.4, -0.2) is 45.8 Å². The first kappa shape index (κ1) is 25.4. The first-order chi connectivity index (χ1) is 15.3. The predicted molar refractivity (Wildman–Crippen MR) is 133 cm³/mol. The SMILES string of the molecule is CO[C@@H]1C=C2[C@@H]3CC[C@H]([C@H](C)C=C[C@H](C)C(C)C)[C@@]3(C)CC[C@]2(O)[C@@]2(C)CC[C@H](O)C[C@]12O. The van der Waals surface area contributed by atoms with Crippen molar-refractivity contribution in [2.24, 2.45) is 40.4 Å². The van der Waals surface area contributed by atoms with Gasteiger partial charge in [0, 0.05) is 18.9 Å². The van der Waals surface area contributed by atoms with Gasteiger partial charge in [-0.25, -0.2) is 0 Å². The highest BCUT2D eigenvalue weighted by Crippen LogP contribution is 2.69. The van der Waals surface area contributed by atoms with Crippen molar-refractivity contribution in [3.63, 3.8) is 0 Å². The van der Waals surface area contributed by atoms with Crippen LogP contribution in [0, 0.1) is 40.4 Å². The molecule has 3 saturated carbocycles. The van der Waals surface area contributed by atoms with Crippen molar-refractivity contribution in [1.82, 2.24) is 0 Å². The minimum Gasteiger partial charge on any atom is -0.393 e. The molecule has 0 aliphatic heterocycles. The maximum Gasteiger partial charge on any atom is 0.105 e. The summed E-state index contributed by atoms with van der Waals surface area (Å²) in [6.07, 6.45) is 11.2. The molecule has 33 heavy (non-hydrogen) atoms. The van der Waals surface area contributed by atoms with E-state index in [1.54, 1.807) is 7.11 Å². The van der Waals surface area contributed by atoms with Crippen molar-refractivity contribution in [2.45, 2.75) is 110 Å². The van der Waals surface area contributed by atoms with E-state index in [0.717, 1.165) is 18.4 Å². The van der Waals surface area contributed by atoms with Crippen LogP contribution >= 0.6 is 0 Å². The highest BCUT2D eigenvalue weighted by molar-refractivity contribution is 5.40. The topological polar surface area (TPSA) is 69.9 Å². The minimum absolute atomic E-state index is 0.140. The zero-order valence-electron chi connectivity index (χ0n) is 22.0. The molecule has 0 aromatic heterocycles. The van der Waals surface area contributed by atoms with E-state index >= 15 is 0 Å². The fourth-order valence-electron chi connectivity index (χ4n) is 8.35. The number of methoxy groups -OCH3 is 1. The van der Waals surface area contributed by atoms with Crippen molar-refractivity contribution in [1.29, 1.82) is 0 Å². The highest BCUT2D eigenvalue weighted by atomic mass is 16.5. The van der Waals surface area contributed by atoms with Crippen molar-refractivity contribution >= 4 is 0 Å². The number of ether oxygens (including phenoxy) is 1. The maximum atomic E-state index is 12.4. The summed E-state index contributed by atoms with van der Waals surface area (Å²) >= 11 is 0. The summed E-state index contributed by atoms with van der Waals surface area (Å²) in [6, 6.07) is 0. The molecule has 3 N–H and O–H groups in total. The molecule has 4 aliphatic carbocycles. The fourth-order valence-corrected chi connectivity index (χ4v) is 8.35. The molecule has 0 aromatic carbocycles. The van der Waals surface area contributed by atoms with E-state index in [1.165, 1.54) is 6.42 Å². The molecule has 0 amide bonds. The summed E-state index contributed by atoms with van der Waals surface area (Å²) in [7, 11) is 1.65. The Labute approximate surface area is 201 Å². The van der Waals surface area contributed by atoms with E-state index < -0.39 is 28.8 Å². The third kappa shape index (κ3) is 3.53. The number of aliphatic hydroxyl groups excluding tert-OH is 1. The first-order valence-electron chi connectivity index (χ1n) is 13.4. The molecular weight excluding hydrogens is 412 g/mol. The quantitative estimate of drug-likeness (QED) is 0.489. The van der Waals surface area contributed by atoms with Crippen LogP contribution in [0.1, 0.15) is 86.5 Å². The molecular formula is C29H48O4. The monoisotopic (exact) mass is 460 g/mol. The number of hydrogen-bond donors (Lipinski definition) is 3. The van der Waals surface area contributed by atoms with Crippen LogP contribution in [0.15, 0.2) is 23.8 Å². The van der Waals surface area contributed by atoms with Gasteiger partial charge in [0.05, 0.1) is 11.7 Å². The molecule has 0 heterocycles. The zero-order valence-corrected chi connectivity index (χ0v) is 22.0. The van der Waals surface area contributed by atoms with E-state index in [4.69, 9.17) is 4.74 Å². The van der Waals surface area contributed by atoms with E-state index in [9.17, 15) is 15.3 Å². The Morgan fingerprint density at radius 1 is 1.00 bits per heavy atom. The lowest BCUT2D eigenvalue weighted by Crippen LogP contribution is -2.72. The molecule has 3 fully saturated rings. The highest BCUT2D eigenvalue weighted by Gasteiger charge is 2.71. The van der Waals surface area contributed by atoms with E-state index in [0.29, 0.717) is 48.9 Å². The number of allylic oxidation sites excluding steroid dienone is 2. The Bertz CT molecular complexity index is 803. The van der Waals surface area contributed by atoms with Crippen LogP contribution in [0.2, 0.25) is 0 Å². The third-order valence-corrected chi connectivity index (χ3v) is 11.1. The van der Waals surface area contributed by atoms with Gasteiger partial charge in [0.25, 0.3) is 0 Å². The fraction of sp³-hybridized carbons (Fsp3) is 0.862. The summed E-state index contributed by atoms with van der Waals surface area (Å²) in [6.45, 7) is 13.7. The number of hydrogen-bond acceptors (Lipinski definition) is 4. The van der Waals surface area contributed by atoms with Gasteiger partial charge in [-0.1, -0.05) is 59.8 Å². The standard InChI is InChI=1S/C29H48O4/c1-18(2)19(3)8-9-20(4)22-10-11-23-24-16-25(33-7)29(32)17-21(30)12-13-27(29,6)28(24,31)15-14-26(22,23)5/h8-9,16,18-23,25,30-32H,10-15,17H2,1-7H3/t19-,20+,21-,22+,23-,25+,26+,27+,28+,29-/m0/s1. The second-order valence-electron chi connectivity index (χ2n) is 12.9. The van der Waals surface area contributed by atoms with Gasteiger partial charge >= 0.3 is 0 Å². The van der Waals surface area contributed by atoms with Crippen LogP contribution in [0.4, 0.5) is 0 Å². The Balaban J connectivity index is 1.69. The average Bonchev–Trinajstić information content (AvgIpc) is 3.10. The van der Waals surface area contributed by atoms with Crippen molar-refractivity contribution < 1.29 is 20.1 Å². The molecule has 10 atom stereocenters. The second kappa shape index (κ2) is 8.47. The molecule has 4 aliphatic rings. The van der Waals surface area contributed by atoms with Crippen molar-refractivity contribution in [3.05, 3.63) is 23.8 Å². The van der Waals surface area contributed by atoms with Crippen molar-refractivity contribution in [2.75, 3.05) is 7.11 Å². The summed E-state index contributed by atoms with van der Waals surface area (Å²) in [4.78, 5) is 0. The van der Waals surface area contributed by atoms with E-state index in [1.807, 2.05) is 6.92 Å². The maximum absolute atomic E-state index is 12.4. The van der Waals surface area contributed by atoms with E-state index in [2.05, 4.69) is 52.8 Å². The van der Waals surface area contributed by atoms with Gasteiger partial charge in [0.2, 0.25) is 0 Å². The van der Waals surface area contributed by atoms with Gasteiger partial charge in [-0.05, 0) is 79.1 Å².